The molecule has 2 amide bonds. The predicted molar refractivity (Wildman–Crippen MR) is 115 cm³/mol. The molecule has 3 N–H and O–H groups in total. The fourth-order valence-electron chi connectivity index (χ4n) is 2.89. The topological polar surface area (TPSA) is 94.6 Å². The number of hydrogen-bond acceptors (Lipinski definition) is 5. The van der Waals surface area contributed by atoms with E-state index in [1.165, 1.54) is 11.6 Å². The summed E-state index contributed by atoms with van der Waals surface area (Å²) in [7, 11) is 0. The predicted octanol–water partition coefficient (Wildman–Crippen LogP) is 3.66. The molecule has 0 spiro atoms. The van der Waals surface area contributed by atoms with E-state index in [2.05, 4.69) is 10.3 Å². The number of rotatable bonds is 5. The third-order valence-electron chi connectivity index (χ3n) is 4.31. The quantitative estimate of drug-likeness (QED) is 0.362. The molecule has 29 heavy (non-hydrogen) atoms. The van der Waals surface area contributed by atoms with Crippen LogP contribution in [0.15, 0.2) is 42.6 Å². The molecule has 1 saturated heterocycles. The van der Waals surface area contributed by atoms with Gasteiger partial charge >= 0.3 is 0 Å². The van der Waals surface area contributed by atoms with Crippen LogP contribution in [0.4, 0.5) is 5.82 Å². The number of amides is 2. The summed E-state index contributed by atoms with van der Waals surface area (Å²) in [6, 6.07) is 8.52. The van der Waals surface area contributed by atoms with Crippen LogP contribution >= 0.6 is 35.6 Å². The Labute approximate surface area is 184 Å². The van der Waals surface area contributed by atoms with Gasteiger partial charge in [0.2, 0.25) is 0 Å². The van der Waals surface area contributed by atoms with Gasteiger partial charge in [0.15, 0.2) is 0 Å². The first-order chi connectivity index (χ1) is 13.5. The fraction of sp³-hybridized carbons (Fsp3) is 0.211. The molecule has 10 heteroatoms. The van der Waals surface area contributed by atoms with E-state index in [1.807, 2.05) is 0 Å². The van der Waals surface area contributed by atoms with Crippen molar-refractivity contribution in [3.63, 3.8) is 0 Å². The van der Waals surface area contributed by atoms with E-state index in [0.29, 0.717) is 40.1 Å². The highest BCUT2D eigenvalue weighted by Gasteiger charge is 2.27. The first kappa shape index (κ1) is 23.0. The van der Waals surface area contributed by atoms with Gasteiger partial charge in [-0.3, -0.25) is 14.8 Å². The van der Waals surface area contributed by atoms with Gasteiger partial charge in [0.05, 0.1) is 5.02 Å². The summed E-state index contributed by atoms with van der Waals surface area (Å²) in [6.45, 7) is 1.17. The molecule has 0 saturated carbocycles. The molecule has 0 aliphatic carbocycles. The van der Waals surface area contributed by atoms with Crippen molar-refractivity contribution in [1.29, 1.82) is 0 Å². The first-order valence-corrected chi connectivity index (χ1v) is 9.31. The summed E-state index contributed by atoms with van der Waals surface area (Å²) in [5.74, 6) is -0.173. The normalized spacial score (nSPS) is 15.8. The number of carbonyl (C=O) groups excluding carboxylic acids is 2. The highest BCUT2D eigenvalue weighted by atomic mass is 35.5. The molecule has 0 bridgehead atoms. The standard InChI is InChI=1S/C19H18Cl2N4O3.ClH/c20-14-4-2-13(3-5-14)19(27)25-8-7-15(11-25)23-18-16(21)9-12(10-22-18)1-6-17(26)24-28;/h1-6,9-10,15,28H,7-8,11H2,(H,22,23)(H,24,26);1H/b6-1+;/t15-;/m1./s1. The Morgan fingerprint density at radius 3 is 2.62 bits per heavy atom. The number of aromatic nitrogens is 1. The Morgan fingerprint density at radius 1 is 1.24 bits per heavy atom. The van der Waals surface area contributed by atoms with Crippen molar-refractivity contribution >= 4 is 59.3 Å². The zero-order chi connectivity index (χ0) is 20.1. The van der Waals surface area contributed by atoms with E-state index < -0.39 is 5.91 Å². The minimum atomic E-state index is -0.644. The van der Waals surface area contributed by atoms with Gasteiger partial charge < -0.3 is 10.2 Å². The monoisotopic (exact) mass is 456 g/mol. The summed E-state index contributed by atoms with van der Waals surface area (Å²) in [4.78, 5) is 29.6. The fourth-order valence-corrected chi connectivity index (χ4v) is 3.25. The van der Waals surface area contributed by atoms with Gasteiger partial charge in [-0.2, -0.15) is 0 Å². The number of nitrogens with one attached hydrogen (secondary N) is 2. The Hall–Kier alpha value is -2.32. The number of pyridine rings is 1. The van der Waals surface area contributed by atoms with Crippen LogP contribution < -0.4 is 10.8 Å². The van der Waals surface area contributed by atoms with Crippen LogP contribution in [0, 0.1) is 0 Å². The third kappa shape index (κ3) is 6.08. The number of benzene rings is 1. The number of carbonyl (C=O) groups is 2. The number of anilines is 1. The van der Waals surface area contributed by atoms with Crippen LogP contribution in [0.1, 0.15) is 22.3 Å². The lowest BCUT2D eigenvalue weighted by Gasteiger charge is -2.18. The third-order valence-corrected chi connectivity index (χ3v) is 4.85. The van der Waals surface area contributed by atoms with Crippen molar-refractivity contribution < 1.29 is 14.8 Å². The minimum Gasteiger partial charge on any atom is -0.364 e. The zero-order valence-electron chi connectivity index (χ0n) is 15.1. The van der Waals surface area contributed by atoms with Crippen LogP contribution in [0.5, 0.6) is 0 Å². The van der Waals surface area contributed by atoms with Crippen LogP contribution in [0.3, 0.4) is 0 Å². The number of nitrogens with zero attached hydrogens (tertiary/aromatic N) is 2. The molecule has 0 unspecified atom stereocenters. The number of hydroxylamine groups is 1. The van der Waals surface area contributed by atoms with Crippen molar-refractivity contribution in [2.24, 2.45) is 0 Å². The molecule has 7 nitrogen and oxygen atoms in total. The summed E-state index contributed by atoms with van der Waals surface area (Å²) in [5.41, 5.74) is 2.72. The van der Waals surface area contributed by atoms with E-state index in [9.17, 15) is 9.59 Å². The number of likely N-dealkylation sites (tertiary alicyclic amines) is 1. The molecule has 1 aliphatic heterocycles. The van der Waals surface area contributed by atoms with Gasteiger partial charge in [-0.25, -0.2) is 10.5 Å². The van der Waals surface area contributed by atoms with Crippen molar-refractivity contribution in [2.75, 3.05) is 18.4 Å². The molecule has 1 aromatic carbocycles. The van der Waals surface area contributed by atoms with Gasteiger partial charge in [0.25, 0.3) is 11.8 Å². The molecular formula is C19H19Cl3N4O3. The Bertz CT molecular complexity index is 906. The van der Waals surface area contributed by atoms with Crippen molar-refractivity contribution in [3.8, 4) is 0 Å². The molecule has 1 aliphatic rings. The molecule has 1 fully saturated rings. The zero-order valence-corrected chi connectivity index (χ0v) is 17.5. The smallest absolute Gasteiger partial charge is 0.267 e. The first-order valence-electron chi connectivity index (χ1n) is 8.55. The molecule has 3 rings (SSSR count). The highest BCUT2D eigenvalue weighted by molar-refractivity contribution is 6.33. The Kier molecular flexibility index (Phi) is 8.28. The van der Waals surface area contributed by atoms with E-state index >= 15 is 0 Å². The minimum absolute atomic E-state index is 0. The van der Waals surface area contributed by atoms with Gasteiger partial charge in [0, 0.05) is 42.0 Å². The van der Waals surface area contributed by atoms with Gasteiger partial charge in [-0.05, 0) is 48.4 Å². The molecule has 2 heterocycles. The maximum atomic E-state index is 12.6. The summed E-state index contributed by atoms with van der Waals surface area (Å²) >= 11 is 12.1. The molecule has 0 radical (unpaired) electrons. The largest absolute Gasteiger partial charge is 0.364 e. The van der Waals surface area contributed by atoms with Gasteiger partial charge in [-0.1, -0.05) is 23.2 Å². The second kappa shape index (κ2) is 10.5. The molecule has 1 atom stereocenters. The maximum absolute atomic E-state index is 12.6. The van der Waals surface area contributed by atoms with E-state index in [-0.39, 0.29) is 24.4 Å². The number of hydrogen-bond donors (Lipinski definition) is 3. The summed E-state index contributed by atoms with van der Waals surface area (Å²) < 4.78 is 0. The van der Waals surface area contributed by atoms with Crippen LogP contribution in [-0.2, 0) is 4.79 Å². The molecule has 2 aromatic rings. The SMILES string of the molecule is Cl.O=C(/C=C/c1cnc(N[C@@H]2CCN(C(=O)c3ccc(Cl)cc3)C2)c(Cl)c1)NO. The van der Waals surface area contributed by atoms with Crippen molar-refractivity contribution in [2.45, 2.75) is 12.5 Å². The lowest BCUT2D eigenvalue weighted by atomic mass is 10.2. The highest BCUT2D eigenvalue weighted by Crippen LogP contribution is 2.24. The van der Waals surface area contributed by atoms with Crippen molar-refractivity contribution in [3.05, 3.63) is 63.8 Å². The van der Waals surface area contributed by atoms with Crippen LogP contribution in [-0.4, -0.2) is 46.0 Å². The number of halogens is 3. The van der Waals surface area contributed by atoms with E-state index in [1.54, 1.807) is 41.4 Å². The Balaban J connectivity index is 0.00000300. The lowest BCUT2D eigenvalue weighted by molar-refractivity contribution is -0.124. The average molecular weight is 458 g/mol. The Morgan fingerprint density at radius 2 is 1.97 bits per heavy atom. The maximum Gasteiger partial charge on any atom is 0.267 e. The second-order valence-corrected chi connectivity index (χ2v) is 7.14. The van der Waals surface area contributed by atoms with Gasteiger partial charge in [-0.15, -0.1) is 12.4 Å². The van der Waals surface area contributed by atoms with Crippen LogP contribution in [0.25, 0.3) is 6.08 Å². The van der Waals surface area contributed by atoms with Crippen LogP contribution in [0.2, 0.25) is 10.0 Å². The van der Waals surface area contributed by atoms with Crippen molar-refractivity contribution in [1.82, 2.24) is 15.4 Å². The summed E-state index contributed by atoms with van der Waals surface area (Å²) in [5, 5.41) is 12.7. The second-order valence-electron chi connectivity index (χ2n) is 6.30. The van der Waals surface area contributed by atoms with Gasteiger partial charge in [0.1, 0.15) is 5.82 Å². The van der Waals surface area contributed by atoms with E-state index in [0.717, 1.165) is 12.5 Å². The summed E-state index contributed by atoms with van der Waals surface area (Å²) in [6.07, 6.45) is 4.98. The van der Waals surface area contributed by atoms with E-state index in [4.69, 9.17) is 28.4 Å². The molecular weight excluding hydrogens is 439 g/mol. The average Bonchev–Trinajstić information content (AvgIpc) is 3.16. The molecule has 1 aromatic heterocycles. The lowest BCUT2D eigenvalue weighted by Crippen LogP contribution is -2.31. The molecule has 154 valence electrons.